The topological polar surface area (TPSA) is 179 Å². The lowest BCUT2D eigenvalue weighted by molar-refractivity contribution is -0.141. The van der Waals surface area contributed by atoms with E-state index in [0.29, 0.717) is 6.29 Å². The molecule has 0 aliphatic carbocycles. The summed E-state index contributed by atoms with van der Waals surface area (Å²) in [5, 5.41) is 11.0. The summed E-state index contributed by atoms with van der Waals surface area (Å²) in [6.07, 6.45) is 3.78. The van der Waals surface area contributed by atoms with Gasteiger partial charge in [-0.25, -0.2) is 0 Å². The van der Waals surface area contributed by atoms with Crippen LogP contribution in [0.25, 0.3) is 0 Å². The third-order valence-corrected chi connectivity index (χ3v) is 5.09. The lowest BCUT2D eigenvalue weighted by atomic mass is 10.1. The lowest BCUT2D eigenvalue weighted by Gasteiger charge is -2.27. The van der Waals surface area contributed by atoms with Crippen LogP contribution in [-0.4, -0.2) is 99.7 Å². The molecule has 34 heavy (non-hydrogen) atoms. The van der Waals surface area contributed by atoms with Gasteiger partial charge in [0, 0.05) is 69.7 Å². The number of aliphatic carboxylic acids is 1. The van der Waals surface area contributed by atoms with Crippen molar-refractivity contribution >= 4 is 47.7 Å². The summed E-state index contributed by atoms with van der Waals surface area (Å²) in [6.45, 7) is -0.409. The molecule has 13 nitrogen and oxygen atoms in total. The molecule has 0 fully saturated rings. The fourth-order valence-corrected chi connectivity index (χ4v) is 3.22. The number of carboxylic acids is 1. The highest BCUT2D eigenvalue weighted by Crippen LogP contribution is 2.08. The second-order valence-electron chi connectivity index (χ2n) is 7.45. The summed E-state index contributed by atoms with van der Waals surface area (Å²) >= 11 is 0. The fraction of sp³-hybridized carbons (Fsp3) is 0.429. The summed E-state index contributed by atoms with van der Waals surface area (Å²) in [4.78, 5) is 96.6. The first-order valence-electron chi connectivity index (χ1n) is 10.4. The molecule has 2 aliphatic heterocycles. The molecule has 182 valence electrons. The molecule has 0 saturated heterocycles. The van der Waals surface area contributed by atoms with Crippen LogP contribution in [0.3, 0.4) is 0 Å². The van der Waals surface area contributed by atoms with E-state index in [1.54, 1.807) is 0 Å². The third kappa shape index (κ3) is 7.46. The average Bonchev–Trinajstić information content (AvgIpc) is 3.29. The summed E-state index contributed by atoms with van der Waals surface area (Å²) in [6, 6.07) is -1.01. The van der Waals surface area contributed by atoms with Gasteiger partial charge in [0.2, 0.25) is 11.8 Å². The molecule has 0 radical (unpaired) electrons. The van der Waals surface area contributed by atoms with Gasteiger partial charge < -0.3 is 20.1 Å². The summed E-state index contributed by atoms with van der Waals surface area (Å²) in [5.74, 6) is -4.44. The van der Waals surface area contributed by atoms with Crippen molar-refractivity contribution in [2.75, 3.05) is 26.2 Å². The van der Waals surface area contributed by atoms with Crippen LogP contribution in [0, 0.1) is 0 Å². The highest BCUT2D eigenvalue weighted by atomic mass is 16.4. The first kappa shape index (κ1) is 26.1. The largest absolute Gasteiger partial charge is 0.481 e. The minimum Gasteiger partial charge on any atom is -0.481 e. The van der Waals surface area contributed by atoms with Crippen LogP contribution in [0.5, 0.6) is 0 Å². The van der Waals surface area contributed by atoms with E-state index >= 15 is 0 Å². The predicted molar refractivity (Wildman–Crippen MR) is 112 cm³/mol. The maximum atomic E-state index is 12.7. The Balaban J connectivity index is 1.93. The number of nitrogens with zero attached hydrogens (tertiary/aromatic N) is 3. The number of carbonyl (C=O) groups excluding carboxylic acids is 7. The smallest absolute Gasteiger partial charge is 0.303 e. The van der Waals surface area contributed by atoms with E-state index in [2.05, 4.69) is 5.32 Å². The second-order valence-corrected chi connectivity index (χ2v) is 7.45. The molecule has 1 atom stereocenters. The first-order valence-corrected chi connectivity index (χ1v) is 10.4. The van der Waals surface area contributed by atoms with Gasteiger partial charge in [0.25, 0.3) is 23.6 Å². The molecule has 0 aromatic rings. The molecular formula is C21H24N4O9. The number of hydrogen-bond acceptors (Lipinski definition) is 8. The van der Waals surface area contributed by atoms with E-state index in [9.17, 15) is 38.4 Å². The fourth-order valence-electron chi connectivity index (χ4n) is 3.22. The third-order valence-electron chi connectivity index (χ3n) is 5.09. The SMILES string of the molecule is O=CC(CCC(=O)O)NC(=O)CCC(=O)N(CCN1C(=O)C=CC1=O)CCN1C(=O)C=CC1=O. The van der Waals surface area contributed by atoms with Gasteiger partial charge in [-0.2, -0.15) is 0 Å². The quantitative estimate of drug-likeness (QED) is 0.212. The number of imide groups is 2. The van der Waals surface area contributed by atoms with Crippen molar-refractivity contribution in [3.05, 3.63) is 24.3 Å². The van der Waals surface area contributed by atoms with Crippen LogP contribution in [0.1, 0.15) is 25.7 Å². The number of aldehydes is 1. The number of amides is 6. The van der Waals surface area contributed by atoms with Crippen molar-refractivity contribution < 1.29 is 43.5 Å². The highest BCUT2D eigenvalue weighted by molar-refractivity contribution is 6.13. The normalized spacial score (nSPS) is 15.8. The van der Waals surface area contributed by atoms with E-state index < -0.39 is 47.5 Å². The zero-order valence-corrected chi connectivity index (χ0v) is 18.2. The zero-order valence-electron chi connectivity index (χ0n) is 18.2. The number of rotatable bonds is 14. The van der Waals surface area contributed by atoms with Crippen LogP contribution in [0.2, 0.25) is 0 Å². The standard InChI is InChI=1S/C21H24N4O9/c26-13-14(1-8-21(33)34)22-15(27)2-3-16(28)23(9-11-24-17(29)4-5-18(24)30)10-12-25-19(31)6-7-20(25)32/h4-7,13-14H,1-3,8-12H2,(H,22,27)(H,33,34). The molecule has 2 N–H and O–H groups in total. The molecule has 0 saturated carbocycles. The molecule has 0 bridgehead atoms. The first-order chi connectivity index (χ1) is 16.1. The average molecular weight is 476 g/mol. The Hall–Kier alpha value is -4.16. The number of carboxylic acid groups (broad SMARTS) is 1. The molecule has 0 spiro atoms. The van der Waals surface area contributed by atoms with Crippen molar-refractivity contribution in [3.63, 3.8) is 0 Å². The molecule has 1 unspecified atom stereocenters. The van der Waals surface area contributed by atoms with Crippen molar-refractivity contribution in [2.45, 2.75) is 31.7 Å². The van der Waals surface area contributed by atoms with E-state index in [4.69, 9.17) is 5.11 Å². The maximum absolute atomic E-state index is 12.7. The Bertz CT molecular complexity index is 874. The lowest BCUT2D eigenvalue weighted by Crippen LogP contribution is -2.45. The molecule has 2 heterocycles. The molecule has 13 heteroatoms. The Morgan fingerprint density at radius 3 is 1.74 bits per heavy atom. The van der Waals surface area contributed by atoms with Gasteiger partial charge >= 0.3 is 5.97 Å². The van der Waals surface area contributed by atoms with Gasteiger partial charge in [0.05, 0.1) is 6.04 Å². The molecule has 0 aromatic heterocycles. The maximum Gasteiger partial charge on any atom is 0.303 e. The number of nitrogens with one attached hydrogen (secondary N) is 1. The van der Waals surface area contributed by atoms with Crippen LogP contribution in [0.15, 0.2) is 24.3 Å². The molecule has 6 amide bonds. The highest BCUT2D eigenvalue weighted by Gasteiger charge is 2.27. The van der Waals surface area contributed by atoms with Crippen LogP contribution < -0.4 is 5.32 Å². The Labute approximate surface area is 194 Å². The summed E-state index contributed by atoms with van der Waals surface area (Å²) in [5.41, 5.74) is 0. The minimum atomic E-state index is -1.12. The second kappa shape index (κ2) is 12.2. The van der Waals surface area contributed by atoms with Gasteiger partial charge in [0.15, 0.2) is 0 Å². The van der Waals surface area contributed by atoms with Crippen molar-refractivity contribution in [3.8, 4) is 0 Å². The Kier molecular flexibility index (Phi) is 9.35. The van der Waals surface area contributed by atoms with E-state index in [0.717, 1.165) is 34.1 Å². The number of hydrogen-bond donors (Lipinski definition) is 2. The van der Waals surface area contributed by atoms with E-state index in [-0.39, 0.29) is 51.9 Å². The molecular weight excluding hydrogens is 452 g/mol. The number of carbonyl (C=O) groups is 8. The van der Waals surface area contributed by atoms with Gasteiger partial charge in [-0.05, 0) is 6.42 Å². The van der Waals surface area contributed by atoms with Crippen LogP contribution in [0.4, 0.5) is 0 Å². The molecule has 0 aromatic carbocycles. The van der Waals surface area contributed by atoms with Crippen LogP contribution >= 0.6 is 0 Å². The Morgan fingerprint density at radius 1 is 0.853 bits per heavy atom. The van der Waals surface area contributed by atoms with Crippen LogP contribution in [-0.2, 0) is 38.4 Å². The van der Waals surface area contributed by atoms with Gasteiger partial charge in [-0.15, -0.1) is 0 Å². The summed E-state index contributed by atoms with van der Waals surface area (Å²) < 4.78 is 0. The molecule has 2 aliphatic rings. The monoisotopic (exact) mass is 476 g/mol. The zero-order chi connectivity index (χ0) is 25.3. The summed E-state index contributed by atoms with van der Waals surface area (Å²) in [7, 11) is 0. The van der Waals surface area contributed by atoms with Crippen molar-refractivity contribution in [1.29, 1.82) is 0 Å². The predicted octanol–water partition coefficient (Wildman–Crippen LogP) is -2.01. The van der Waals surface area contributed by atoms with Gasteiger partial charge in [-0.1, -0.05) is 0 Å². The van der Waals surface area contributed by atoms with E-state index in [1.165, 1.54) is 4.90 Å². The molecule has 2 rings (SSSR count). The van der Waals surface area contributed by atoms with Crippen molar-refractivity contribution in [2.24, 2.45) is 0 Å². The Morgan fingerprint density at radius 2 is 1.32 bits per heavy atom. The van der Waals surface area contributed by atoms with Crippen molar-refractivity contribution in [1.82, 2.24) is 20.0 Å². The van der Waals surface area contributed by atoms with Gasteiger partial charge in [-0.3, -0.25) is 43.4 Å². The van der Waals surface area contributed by atoms with Gasteiger partial charge in [0.1, 0.15) is 6.29 Å². The minimum absolute atomic E-state index is 0.0845. The van der Waals surface area contributed by atoms with E-state index in [1.807, 2.05) is 0 Å².